The lowest BCUT2D eigenvalue weighted by Gasteiger charge is -2.21. The van der Waals surface area contributed by atoms with Crippen LogP contribution in [0.3, 0.4) is 0 Å². The number of sulfonamides is 1. The third-order valence-corrected chi connectivity index (χ3v) is 7.66. The molecule has 4 rings (SSSR count). The first-order valence-corrected chi connectivity index (χ1v) is 13.6. The molecule has 11 nitrogen and oxygen atoms in total. The lowest BCUT2D eigenvalue weighted by Crippen LogP contribution is -2.29. The largest absolute Gasteiger partial charge is 0.488 e. The summed E-state index contributed by atoms with van der Waals surface area (Å²) in [5, 5.41) is 11.2. The van der Waals surface area contributed by atoms with E-state index < -0.39 is 10.0 Å². The predicted molar refractivity (Wildman–Crippen MR) is 145 cm³/mol. The monoisotopic (exact) mass is 539 g/mol. The van der Waals surface area contributed by atoms with E-state index >= 15 is 0 Å². The van der Waals surface area contributed by atoms with Crippen molar-refractivity contribution in [2.75, 3.05) is 18.9 Å². The van der Waals surface area contributed by atoms with Crippen molar-refractivity contribution in [3.63, 3.8) is 0 Å². The Morgan fingerprint density at radius 3 is 2.45 bits per heavy atom. The van der Waals surface area contributed by atoms with Crippen LogP contribution < -0.4 is 15.6 Å². The molecule has 1 aromatic carbocycles. The van der Waals surface area contributed by atoms with Gasteiger partial charge in [-0.3, -0.25) is 9.20 Å². The highest BCUT2D eigenvalue weighted by Crippen LogP contribution is 2.24. The van der Waals surface area contributed by atoms with Crippen LogP contribution in [0.4, 0.5) is 5.82 Å². The quantitative estimate of drug-likeness (QED) is 0.344. The van der Waals surface area contributed by atoms with Crippen LogP contribution in [-0.2, 0) is 30.0 Å². The first-order chi connectivity index (χ1) is 17.8. The Morgan fingerprint density at radius 2 is 1.76 bits per heavy atom. The molecule has 202 valence electrons. The molecule has 0 fully saturated rings. The topological polar surface area (TPSA) is 124 Å². The number of benzene rings is 1. The fourth-order valence-electron chi connectivity index (χ4n) is 3.86. The van der Waals surface area contributed by atoms with Crippen LogP contribution >= 0.6 is 0 Å². The van der Waals surface area contributed by atoms with E-state index in [0.29, 0.717) is 24.5 Å². The fourth-order valence-corrected chi connectivity index (χ4v) is 5.08. The third-order valence-electron chi connectivity index (χ3n) is 5.82. The Hall–Kier alpha value is -3.77. The van der Waals surface area contributed by atoms with Crippen LogP contribution in [0, 0.1) is 6.92 Å². The third kappa shape index (κ3) is 6.03. The van der Waals surface area contributed by atoms with E-state index in [0.717, 1.165) is 11.3 Å². The number of pyridine rings is 1. The van der Waals surface area contributed by atoms with Crippen molar-refractivity contribution in [3.05, 3.63) is 76.2 Å². The molecule has 0 aliphatic carbocycles. The van der Waals surface area contributed by atoms with Crippen LogP contribution in [-0.4, -0.2) is 56.1 Å². The summed E-state index contributed by atoms with van der Waals surface area (Å²) in [7, 11) is -0.866. The number of hydrogen-bond donors (Lipinski definition) is 1. The van der Waals surface area contributed by atoms with Crippen LogP contribution in [0.2, 0.25) is 0 Å². The Kier molecular flexibility index (Phi) is 7.56. The maximum Gasteiger partial charge on any atom is 0.295 e. The summed E-state index contributed by atoms with van der Waals surface area (Å²) in [6.07, 6.45) is 3.88. The molecule has 0 radical (unpaired) electrons. The van der Waals surface area contributed by atoms with Gasteiger partial charge in [0.2, 0.25) is 15.7 Å². The lowest BCUT2D eigenvalue weighted by atomic mass is 10.1. The molecule has 0 aliphatic heterocycles. The summed E-state index contributed by atoms with van der Waals surface area (Å²) in [5.41, 5.74) is 1.32. The van der Waals surface area contributed by atoms with Crippen molar-refractivity contribution < 1.29 is 13.2 Å². The maximum atomic E-state index is 13.5. The number of aromatic nitrogens is 5. The smallest absolute Gasteiger partial charge is 0.295 e. The summed E-state index contributed by atoms with van der Waals surface area (Å²) in [4.78, 5) is 16.8. The number of anilines is 1. The van der Waals surface area contributed by atoms with Gasteiger partial charge in [0.25, 0.3) is 5.56 Å². The zero-order valence-corrected chi connectivity index (χ0v) is 23.3. The first-order valence-electron chi connectivity index (χ1n) is 12.2. The van der Waals surface area contributed by atoms with E-state index in [1.54, 1.807) is 31.6 Å². The summed E-state index contributed by atoms with van der Waals surface area (Å²) in [6, 6.07) is 11.1. The average molecular weight is 540 g/mol. The van der Waals surface area contributed by atoms with Gasteiger partial charge in [-0.1, -0.05) is 12.1 Å². The Morgan fingerprint density at radius 1 is 1.05 bits per heavy atom. The number of hydrogen-bond acceptors (Lipinski definition) is 8. The van der Waals surface area contributed by atoms with Gasteiger partial charge >= 0.3 is 0 Å². The number of nitrogens with zero attached hydrogens (tertiary/aromatic N) is 6. The summed E-state index contributed by atoms with van der Waals surface area (Å²) in [6.45, 7) is 8.22. The number of ether oxygens (including phenoxy) is 1. The molecule has 3 heterocycles. The fraction of sp³-hybridized carbons (Fsp3) is 0.385. The van der Waals surface area contributed by atoms with Gasteiger partial charge in [-0.2, -0.15) is 4.31 Å². The van der Waals surface area contributed by atoms with Crippen molar-refractivity contribution >= 4 is 21.5 Å². The van der Waals surface area contributed by atoms with Crippen molar-refractivity contribution in [1.82, 2.24) is 28.5 Å². The van der Waals surface area contributed by atoms with Crippen molar-refractivity contribution in [3.8, 4) is 5.75 Å². The highest BCUT2D eigenvalue weighted by Gasteiger charge is 2.27. The van der Waals surface area contributed by atoms with Crippen molar-refractivity contribution in [2.45, 2.75) is 51.2 Å². The SMILES string of the molecule is Cc1ccc(S(=O)(=O)N(C)Cc2nnc3c(=O)n(C)ccn23)c(NCCc2ccc(OC(C)(C)C)cc2)n1. The highest BCUT2D eigenvalue weighted by atomic mass is 32.2. The van der Waals surface area contributed by atoms with Crippen LogP contribution in [0.15, 0.2) is 58.5 Å². The molecule has 0 saturated carbocycles. The Labute approximate surface area is 222 Å². The second kappa shape index (κ2) is 10.5. The molecule has 3 aromatic heterocycles. The molecule has 0 amide bonds. The molecular formula is C26H33N7O4S. The Bertz CT molecular complexity index is 1600. The number of fused-ring (bicyclic) bond motifs is 1. The average Bonchev–Trinajstić information content (AvgIpc) is 3.24. The van der Waals surface area contributed by atoms with Crippen LogP contribution in [0.25, 0.3) is 5.65 Å². The Balaban J connectivity index is 1.49. The van der Waals surface area contributed by atoms with Gasteiger partial charge in [-0.15, -0.1) is 10.2 Å². The first kappa shape index (κ1) is 27.3. The predicted octanol–water partition coefficient (Wildman–Crippen LogP) is 2.78. The molecule has 38 heavy (non-hydrogen) atoms. The highest BCUT2D eigenvalue weighted by molar-refractivity contribution is 7.89. The van der Waals surface area contributed by atoms with E-state index in [1.807, 2.05) is 52.0 Å². The van der Waals surface area contributed by atoms with Crippen molar-refractivity contribution in [2.24, 2.45) is 7.05 Å². The molecule has 0 bridgehead atoms. The molecule has 0 unspecified atom stereocenters. The summed E-state index contributed by atoms with van der Waals surface area (Å²) < 4.78 is 37.0. The molecule has 1 N–H and O–H groups in total. The van der Waals surface area contributed by atoms with E-state index in [2.05, 4.69) is 20.5 Å². The van der Waals surface area contributed by atoms with E-state index in [4.69, 9.17) is 4.74 Å². The number of rotatable bonds is 9. The van der Waals surface area contributed by atoms with Gasteiger partial charge in [0.15, 0.2) is 5.82 Å². The van der Waals surface area contributed by atoms with Gasteiger partial charge in [0.05, 0.1) is 6.54 Å². The maximum absolute atomic E-state index is 13.5. The summed E-state index contributed by atoms with van der Waals surface area (Å²) in [5.74, 6) is 1.41. The van der Waals surface area contributed by atoms with Gasteiger partial charge in [-0.25, -0.2) is 13.4 Å². The lowest BCUT2D eigenvalue weighted by molar-refractivity contribution is 0.131. The minimum Gasteiger partial charge on any atom is -0.488 e. The second-order valence-electron chi connectivity index (χ2n) is 10.1. The van der Waals surface area contributed by atoms with E-state index in [1.165, 1.54) is 20.3 Å². The molecule has 0 spiro atoms. The van der Waals surface area contributed by atoms with Gasteiger partial charge < -0.3 is 14.6 Å². The zero-order valence-electron chi connectivity index (χ0n) is 22.5. The standard InChI is InChI=1S/C26H33N7O4S/c1-18-7-12-21(23(28-18)27-14-13-19-8-10-20(11-9-19)37-26(2,3)4)38(35,36)32(6)17-22-29-30-24-25(34)31(5)15-16-33(22)24/h7-12,15-16H,13-14,17H2,1-6H3,(H,27,28). The zero-order chi connectivity index (χ0) is 27.7. The molecule has 0 saturated heterocycles. The van der Waals surface area contributed by atoms with Gasteiger partial charge in [0.1, 0.15) is 22.1 Å². The van der Waals surface area contributed by atoms with Gasteiger partial charge in [0, 0.05) is 38.7 Å². The number of nitrogens with one attached hydrogen (secondary N) is 1. The van der Waals surface area contributed by atoms with Crippen LogP contribution in [0.1, 0.15) is 37.9 Å². The summed E-state index contributed by atoms with van der Waals surface area (Å²) >= 11 is 0. The van der Waals surface area contributed by atoms with E-state index in [9.17, 15) is 13.2 Å². The second-order valence-corrected chi connectivity index (χ2v) is 12.1. The molecule has 12 heteroatoms. The minimum atomic E-state index is -3.94. The molecule has 4 aromatic rings. The molecule has 0 atom stereocenters. The van der Waals surface area contributed by atoms with Crippen LogP contribution in [0.5, 0.6) is 5.75 Å². The molecular weight excluding hydrogens is 506 g/mol. The van der Waals surface area contributed by atoms with Crippen molar-refractivity contribution in [1.29, 1.82) is 0 Å². The normalized spacial score (nSPS) is 12.3. The minimum absolute atomic E-state index is 0.0595. The van der Waals surface area contributed by atoms with Gasteiger partial charge in [-0.05, 0) is 63.9 Å². The molecule has 0 aliphatic rings. The number of aryl methyl sites for hydroxylation is 2. The van der Waals surface area contributed by atoms with E-state index in [-0.39, 0.29) is 34.1 Å².